The third kappa shape index (κ3) is 14.8. The maximum absolute atomic E-state index is 13.2. The third-order valence-electron chi connectivity index (χ3n) is 6.49. The van der Waals surface area contributed by atoms with Crippen LogP contribution < -0.4 is 0 Å². The van der Waals surface area contributed by atoms with Crippen LogP contribution in [0.25, 0.3) is 0 Å². The van der Waals surface area contributed by atoms with E-state index < -0.39 is 0 Å². The summed E-state index contributed by atoms with van der Waals surface area (Å²) in [7, 11) is 0. The molecule has 1 fully saturated rings. The Morgan fingerprint density at radius 2 is 1.41 bits per heavy atom. The quantitative estimate of drug-likeness (QED) is 0.132. The van der Waals surface area contributed by atoms with Crippen LogP contribution in [0.1, 0.15) is 92.9 Å². The molecule has 1 heterocycles. The van der Waals surface area contributed by atoms with E-state index in [2.05, 4.69) is 75.6 Å². The van der Waals surface area contributed by atoms with Gasteiger partial charge in [0.1, 0.15) is 0 Å². The van der Waals surface area contributed by atoms with Gasteiger partial charge in [-0.2, -0.15) is 0 Å². The first-order valence-electron chi connectivity index (χ1n) is 13.4. The van der Waals surface area contributed by atoms with Gasteiger partial charge >= 0.3 is 0 Å². The summed E-state index contributed by atoms with van der Waals surface area (Å²) < 4.78 is 0. The van der Waals surface area contributed by atoms with E-state index in [9.17, 15) is 4.79 Å². The van der Waals surface area contributed by atoms with Crippen molar-refractivity contribution in [2.75, 3.05) is 38.6 Å². The van der Waals surface area contributed by atoms with Crippen molar-refractivity contribution < 1.29 is 4.79 Å². The largest absolute Gasteiger partial charge is 0.340 e. The number of halogens is 1. The van der Waals surface area contributed by atoms with Crippen LogP contribution in [-0.4, -0.2) is 54.3 Å². The van der Waals surface area contributed by atoms with E-state index in [0.717, 1.165) is 83.5 Å². The van der Waals surface area contributed by atoms with Crippen molar-refractivity contribution in [3.05, 3.63) is 46.6 Å². The van der Waals surface area contributed by atoms with Gasteiger partial charge in [-0.3, -0.25) is 9.69 Å². The lowest BCUT2D eigenvalue weighted by Gasteiger charge is -2.35. The maximum Gasteiger partial charge on any atom is 0.223 e. The highest BCUT2D eigenvalue weighted by Gasteiger charge is 2.22. The topological polar surface area (TPSA) is 23.6 Å². The molecule has 1 atom stereocenters. The minimum absolute atomic E-state index is 0.277. The molecule has 1 rings (SSSR count). The molecule has 3 nitrogen and oxygen atoms in total. The number of carbonyl (C=O) groups excluding carboxylic acids is 1. The molecule has 1 aliphatic rings. The molecule has 0 aliphatic carbocycles. The molecule has 0 N–H and O–H groups in total. The minimum Gasteiger partial charge on any atom is -0.340 e. The van der Waals surface area contributed by atoms with E-state index >= 15 is 0 Å². The molecule has 1 aliphatic heterocycles. The smallest absolute Gasteiger partial charge is 0.223 e. The fourth-order valence-electron chi connectivity index (χ4n) is 4.33. The summed E-state index contributed by atoms with van der Waals surface area (Å²) in [6.07, 6.45) is 17.5. The van der Waals surface area contributed by atoms with Gasteiger partial charge in [0.15, 0.2) is 0 Å². The van der Waals surface area contributed by atoms with Crippen LogP contribution in [0.2, 0.25) is 0 Å². The van der Waals surface area contributed by atoms with Gasteiger partial charge in [-0.25, -0.2) is 0 Å². The van der Waals surface area contributed by atoms with Gasteiger partial charge in [-0.1, -0.05) is 46.6 Å². The molecule has 1 saturated heterocycles. The van der Waals surface area contributed by atoms with Gasteiger partial charge in [-0.15, -0.1) is 11.6 Å². The van der Waals surface area contributed by atoms with Crippen LogP contribution in [-0.2, 0) is 4.79 Å². The van der Waals surface area contributed by atoms with Crippen LogP contribution in [0.5, 0.6) is 0 Å². The van der Waals surface area contributed by atoms with Crippen molar-refractivity contribution in [2.45, 2.75) is 92.9 Å². The first-order chi connectivity index (χ1) is 16.2. The second kappa shape index (κ2) is 18.0. The summed E-state index contributed by atoms with van der Waals surface area (Å²) in [4.78, 5) is 17.7. The molecule has 194 valence electrons. The zero-order valence-electron chi connectivity index (χ0n) is 23.0. The Hall–Kier alpha value is -1.32. The van der Waals surface area contributed by atoms with Crippen LogP contribution >= 0.6 is 11.6 Å². The molecule has 0 aromatic rings. The van der Waals surface area contributed by atoms with Crippen LogP contribution in [0.3, 0.4) is 0 Å². The maximum atomic E-state index is 13.2. The number of allylic oxidation sites excluding steroid dienone is 8. The number of unbranched alkanes of at least 4 members (excludes halogenated alkanes) is 1. The molecule has 0 spiro atoms. The van der Waals surface area contributed by atoms with Gasteiger partial charge < -0.3 is 4.90 Å². The van der Waals surface area contributed by atoms with Crippen LogP contribution in [0.4, 0.5) is 0 Å². The predicted octanol–water partition coefficient (Wildman–Crippen LogP) is 7.93. The molecular formula is C30H51ClN2O. The Bertz CT molecular complexity index is 703. The van der Waals surface area contributed by atoms with E-state index in [1.54, 1.807) is 0 Å². The molecule has 0 saturated carbocycles. The lowest BCUT2D eigenvalue weighted by Crippen LogP contribution is -2.49. The number of carbonyl (C=O) groups is 1. The second-order valence-electron chi connectivity index (χ2n) is 10.5. The number of rotatable bonds is 15. The molecule has 0 bridgehead atoms. The first-order valence-corrected chi connectivity index (χ1v) is 13.9. The molecule has 4 heteroatoms. The summed E-state index contributed by atoms with van der Waals surface area (Å²) in [5.74, 6) is 1.33. The third-order valence-corrected chi connectivity index (χ3v) is 6.76. The number of alkyl halides is 1. The Kier molecular flexibility index (Phi) is 16.3. The van der Waals surface area contributed by atoms with E-state index in [0.29, 0.717) is 12.3 Å². The highest BCUT2D eigenvalue weighted by molar-refractivity contribution is 6.17. The molecule has 0 radical (unpaired) electrons. The van der Waals surface area contributed by atoms with Crippen molar-refractivity contribution in [1.82, 2.24) is 9.80 Å². The van der Waals surface area contributed by atoms with Gasteiger partial charge in [0.2, 0.25) is 5.91 Å². The van der Waals surface area contributed by atoms with Crippen molar-refractivity contribution >= 4 is 17.5 Å². The van der Waals surface area contributed by atoms with Crippen molar-refractivity contribution in [3.8, 4) is 0 Å². The molecule has 1 amide bonds. The average molecular weight is 491 g/mol. The Labute approximate surface area is 216 Å². The minimum atomic E-state index is 0.277. The number of amides is 1. The standard InChI is InChI=1S/C30H51ClN2O/c1-25(2)11-9-13-27(5)15-16-29(23-28(6)14-10-12-26(3)4)24-30(34)33-21-19-32(20-22-33)18-8-7-17-31/h11-12,15,23,29H,7-10,13-14,16-22,24H2,1-6H3/b27-15+,28-23+. The Morgan fingerprint density at radius 1 is 0.824 bits per heavy atom. The zero-order valence-corrected chi connectivity index (χ0v) is 23.7. The second-order valence-corrected chi connectivity index (χ2v) is 10.9. The van der Waals surface area contributed by atoms with Gasteiger partial charge in [0.05, 0.1) is 0 Å². The molecule has 0 aromatic heterocycles. The Balaban J connectivity index is 2.71. The molecule has 0 aromatic carbocycles. The van der Waals surface area contributed by atoms with Crippen molar-refractivity contribution in [1.29, 1.82) is 0 Å². The average Bonchev–Trinajstić information content (AvgIpc) is 2.77. The van der Waals surface area contributed by atoms with Crippen LogP contribution in [0, 0.1) is 5.92 Å². The van der Waals surface area contributed by atoms with E-state index in [4.69, 9.17) is 11.6 Å². The monoisotopic (exact) mass is 490 g/mol. The summed E-state index contributed by atoms with van der Waals surface area (Å²) in [5, 5.41) is 0. The molecule has 1 unspecified atom stereocenters. The summed E-state index contributed by atoms with van der Waals surface area (Å²) >= 11 is 5.81. The fraction of sp³-hybridized carbons (Fsp3) is 0.700. The van der Waals surface area contributed by atoms with Crippen molar-refractivity contribution in [3.63, 3.8) is 0 Å². The predicted molar refractivity (Wildman–Crippen MR) is 151 cm³/mol. The zero-order chi connectivity index (χ0) is 25.3. The lowest BCUT2D eigenvalue weighted by atomic mass is 9.94. The fourth-order valence-corrected chi connectivity index (χ4v) is 4.52. The lowest BCUT2D eigenvalue weighted by molar-refractivity contribution is -0.133. The summed E-state index contributed by atoms with van der Waals surface area (Å²) in [5.41, 5.74) is 5.58. The SMILES string of the molecule is CC(C)=CCC/C(C)=C/CC(/C=C(\C)CCC=C(C)C)CC(=O)N1CCN(CCCCCl)CC1. The normalized spacial score (nSPS) is 16.4. The molecular weight excluding hydrogens is 440 g/mol. The van der Waals surface area contributed by atoms with Gasteiger partial charge in [0.25, 0.3) is 0 Å². The van der Waals surface area contributed by atoms with Gasteiger partial charge in [0, 0.05) is 38.5 Å². The number of hydrogen-bond donors (Lipinski definition) is 0. The first kappa shape index (κ1) is 30.7. The van der Waals surface area contributed by atoms with Crippen LogP contribution in [0.15, 0.2) is 46.6 Å². The van der Waals surface area contributed by atoms with E-state index in [1.807, 2.05) is 0 Å². The van der Waals surface area contributed by atoms with E-state index in [-0.39, 0.29) is 5.92 Å². The number of nitrogens with zero attached hydrogens (tertiary/aromatic N) is 2. The highest BCUT2D eigenvalue weighted by atomic mass is 35.5. The Morgan fingerprint density at radius 3 is 1.97 bits per heavy atom. The number of piperazine rings is 1. The van der Waals surface area contributed by atoms with E-state index in [1.165, 1.54) is 22.3 Å². The molecule has 34 heavy (non-hydrogen) atoms. The van der Waals surface area contributed by atoms with Gasteiger partial charge in [-0.05, 0) is 99.0 Å². The van der Waals surface area contributed by atoms with Crippen molar-refractivity contribution in [2.24, 2.45) is 5.92 Å². The summed E-state index contributed by atoms with van der Waals surface area (Å²) in [6.45, 7) is 17.9. The summed E-state index contributed by atoms with van der Waals surface area (Å²) in [6, 6.07) is 0. The highest BCUT2D eigenvalue weighted by Crippen LogP contribution is 2.21. The number of hydrogen-bond acceptors (Lipinski definition) is 2.